The maximum absolute atomic E-state index is 2.38. The Labute approximate surface area is 102 Å². The SMILES string of the molecule is CCN(CC)CC.Cc1ccccc1.S. The molecule has 0 amide bonds. The maximum Gasteiger partial charge on any atom is -0.00474 e. The lowest BCUT2D eigenvalue weighted by molar-refractivity contribution is 0.321. The molecular formula is C13H25NS. The zero-order chi connectivity index (χ0) is 10.8. The van der Waals surface area contributed by atoms with Gasteiger partial charge in [0.25, 0.3) is 0 Å². The highest BCUT2D eigenvalue weighted by Crippen LogP contribution is 1.92. The third-order valence-electron chi connectivity index (χ3n) is 2.28. The highest BCUT2D eigenvalue weighted by Gasteiger charge is 1.89. The molecule has 0 heterocycles. The van der Waals surface area contributed by atoms with Crippen molar-refractivity contribution in [3.63, 3.8) is 0 Å². The molecule has 0 unspecified atom stereocenters. The monoisotopic (exact) mass is 227 g/mol. The predicted octanol–water partition coefficient (Wildman–Crippen LogP) is 3.46. The average Bonchev–Trinajstić information content (AvgIpc) is 2.22. The van der Waals surface area contributed by atoms with Crippen LogP contribution in [-0.2, 0) is 0 Å². The average molecular weight is 227 g/mol. The number of hydrogen-bond donors (Lipinski definition) is 0. The Morgan fingerprint density at radius 1 is 0.867 bits per heavy atom. The summed E-state index contributed by atoms with van der Waals surface area (Å²) in [6.07, 6.45) is 0. The Morgan fingerprint density at radius 3 is 1.40 bits per heavy atom. The van der Waals surface area contributed by atoms with Crippen LogP contribution in [0.15, 0.2) is 30.3 Å². The van der Waals surface area contributed by atoms with Crippen molar-refractivity contribution in [2.45, 2.75) is 27.7 Å². The number of rotatable bonds is 3. The van der Waals surface area contributed by atoms with Crippen molar-refractivity contribution in [2.24, 2.45) is 0 Å². The molecule has 0 aliphatic carbocycles. The van der Waals surface area contributed by atoms with Gasteiger partial charge in [0, 0.05) is 0 Å². The zero-order valence-electron chi connectivity index (χ0n) is 10.5. The van der Waals surface area contributed by atoms with Crippen LogP contribution in [0, 0.1) is 6.92 Å². The Bertz CT molecular complexity index is 202. The minimum atomic E-state index is 0. The van der Waals surface area contributed by atoms with E-state index in [-0.39, 0.29) is 13.5 Å². The fourth-order valence-corrected chi connectivity index (χ4v) is 1.21. The van der Waals surface area contributed by atoms with Gasteiger partial charge in [-0.2, -0.15) is 13.5 Å². The van der Waals surface area contributed by atoms with Crippen molar-refractivity contribution in [3.05, 3.63) is 35.9 Å². The summed E-state index contributed by atoms with van der Waals surface area (Å²) in [4.78, 5) is 2.38. The molecule has 0 saturated carbocycles. The van der Waals surface area contributed by atoms with Gasteiger partial charge >= 0.3 is 0 Å². The van der Waals surface area contributed by atoms with Crippen LogP contribution in [-0.4, -0.2) is 24.5 Å². The van der Waals surface area contributed by atoms with Crippen LogP contribution in [0.4, 0.5) is 0 Å². The van der Waals surface area contributed by atoms with Gasteiger partial charge in [-0.05, 0) is 26.6 Å². The van der Waals surface area contributed by atoms with Crippen LogP contribution < -0.4 is 0 Å². The lowest BCUT2D eigenvalue weighted by Crippen LogP contribution is -2.21. The first-order valence-electron chi connectivity index (χ1n) is 5.48. The van der Waals surface area contributed by atoms with Crippen molar-refractivity contribution in [1.29, 1.82) is 0 Å². The van der Waals surface area contributed by atoms with Gasteiger partial charge in [-0.25, -0.2) is 0 Å². The van der Waals surface area contributed by atoms with E-state index < -0.39 is 0 Å². The molecular weight excluding hydrogens is 202 g/mol. The molecule has 0 aliphatic heterocycles. The van der Waals surface area contributed by atoms with Crippen LogP contribution in [0.2, 0.25) is 0 Å². The normalized spacial score (nSPS) is 8.87. The predicted molar refractivity (Wildman–Crippen MR) is 75.0 cm³/mol. The van der Waals surface area contributed by atoms with Gasteiger partial charge in [0.15, 0.2) is 0 Å². The molecule has 0 saturated heterocycles. The zero-order valence-corrected chi connectivity index (χ0v) is 11.5. The van der Waals surface area contributed by atoms with E-state index in [1.165, 1.54) is 25.2 Å². The molecule has 2 heteroatoms. The maximum atomic E-state index is 2.38. The first kappa shape index (κ1) is 16.9. The molecule has 1 nitrogen and oxygen atoms in total. The number of aryl methyl sites for hydroxylation is 1. The van der Waals surface area contributed by atoms with Gasteiger partial charge in [-0.1, -0.05) is 56.7 Å². The van der Waals surface area contributed by atoms with E-state index >= 15 is 0 Å². The van der Waals surface area contributed by atoms with E-state index in [0.29, 0.717) is 0 Å². The van der Waals surface area contributed by atoms with Gasteiger partial charge in [-0.3, -0.25) is 0 Å². The molecule has 1 aromatic rings. The summed E-state index contributed by atoms with van der Waals surface area (Å²) in [5, 5.41) is 0. The van der Waals surface area contributed by atoms with Crippen molar-refractivity contribution < 1.29 is 0 Å². The van der Waals surface area contributed by atoms with Crippen molar-refractivity contribution >= 4 is 13.5 Å². The summed E-state index contributed by atoms with van der Waals surface area (Å²) < 4.78 is 0. The highest BCUT2D eigenvalue weighted by atomic mass is 32.1. The van der Waals surface area contributed by atoms with Crippen LogP contribution in [0.5, 0.6) is 0 Å². The molecule has 88 valence electrons. The fourth-order valence-electron chi connectivity index (χ4n) is 1.21. The van der Waals surface area contributed by atoms with Gasteiger partial charge in [0.1, 0.15) is 0 Å². The summed E-state index contributed by atoms with van der Waals surface area (Å²) in [7, 11) is 0. The van der Waals surface area contributed by atoms with E-state index in [2.05, 4.69) is 44.7 Å². The second-order valence-corrected chi connectivity index (χ2v) is 3.27. The van der Waals surface area contributed by atoms with Crippen molar-refractivity contribution in [1.82, 2.24) is 4.90 Å². The molecule has 1 rings (SSSR count). The van der Waals surface area contributed by atoms with Gasteiger partial charge < -0.3 is 4.90 Å². The molecule has 0 atom stereocenters. The lowest BCUT2D eigenvalue weighted by atomic mass is 10.2. The summed E-state index contributed by atoms with van der Waals surface area (Å²) >= 11 is 0. The summed E-state index contributed by atoms with van der Waals surface area (Å²) in [6, 6.07) is 10.3. The molecule has 0 radical (unpaired) electrons. The minimum Gasteiger partial charge on any atom is -0.304 e. The molecule has 0 aliphatic rings. The second kappa shape index (κ2) is 11.6. The summed E-state index contributed by atoms with van der Waals surface area (Å²) in [6.45, 7) is 12.2. The van der Waals surface area contributed by atoms with Crippen LogP contribution in [0.25, 0.3) is 0 Å². The first-order valence-corrected chi connectivity index (χ1v) is 5.48. The first-order chi connectivity index (χ1) is 6.74. The topological polar surface area (TPSA) is 3.24 Å². The van der Waals surface area contributed by atoms with Gasteiger partial charge in [0.2, 0.25) is 0 Å². The van der Waals surface area contributed by atoms with Gasteiger partial charge in [0.05, 0.1) is 0 Å². The number of hydrogen-bond acceptors (Lipinski definition) is 1. The van der Waals surface area contributed by atoms with Crippen LogP contribution in [0.3, 0.4) is 0 Å². The third kappa shape index (κ3) is 9.83. The van der Waals surface area contributed by atoms with E-state index in [0.717, 1.165) is 0 Å². The molecule has 0 aromatic heterocycles. The largest absolute Gasteiger partial charge is 0.304 e. The molecule has 0 bridgehead atoms. The third-order valence-corrected chi connectivity index (χ3v) is 2.28. The second-order valence-electron chi connectivity index (χ2n) is 3.27. The molecule has 1 aromatic carbocycles. The van der Waals surface area contributed by atoms with Crippen molar-refractivity contribution in [3.8, 4) is 0 Å². The molecule has 0 fully saturated rings. The Kier molecular flexibility index (Phi) is 13.1. The lowest BCUT2D eigenvalue weighted by Gasteiger charge is -2.13. The van der Waals surface area contributed by atoms with E-state index in [1.54, 1.807) is 0 Å². The smallest absolute Gasteiger partial charge is 0.00474 e. The molecule has 0 spiro atoms. The summed E-state index contributed by atoms with van der Waals surface area (Å²) in [5.74, 6) is 0. The Hall–Kier alpha value is -0.470. The van der Waals surface area contributed by atoms with Gasteiger partial charge in [-0.15, -0.1) is 0 Å². The Balaban J connectivity index is 0. The van der Waals surface area contributed by atoms with Crippen LogP contribution >= 0.6 is 13.5 Å². The van der Waals surface area contributed by atoms with E-state index in [9.17, 15) is 0 Å². The van der Waals surface area contributed by atoms with E-state index in [1.807, 2.05) is 18.2 Å². The standard InChI is InChI=1S/C7H8.C6H15N.H2S/c1-7-5-3-2-4-6-7;1-4-7(5-2)6-3;/h2-6H,1H3;4-6H2,1-3H3;1H2. The van der Waals surface area contributed by atoms with Crippen LogP contribution in [0.1, 0.15) is 26.3 Å². The fraction of sp³-hybridized carbons (Fsp3) is 0.538. The summed E-state index contributed by atoms with van der Waals surface area (Å²) in [5.41, 5.74) is 1.32. The highest BCUT2D eigenvalue weighted by molar-refractivity contribution is 7.59. The molecule has 0 N–H and O–H groups in total. The number of benzene rings is 1. The van der Waals surface area contributed by atoms with Crippen molar-refractivity contribution in [2.75, 3.05) is 19.6 Å². The Morgan fingerprint density at radius 2 is 1.27 bits per heavy atom. The number of nitrogens with zero attached hydrogens (tertiary/aromatic N) is 1. The quantitative estimate of drug-likeness (QED) is 0.764. The minimum absolute atomic E-state index is 0. The van der Waals surface area contributed by atoms with E-state index in [4.69, 9.17) is 0 Å². The molecule has 15 heavy (non-hydrogen) atoms.